The first-order chi connectivity index (χ1) is 13.6. The first-order valence-corrected chi connectivity index (χ1v) is 9.41. The van der Waals surface area contributed by atoms with Gasteiger partial charge in [0.1, 0.15) is 0 Å². The molecule has 0 saturated heterocycles. The van der Waals surface area contributed by atoms with Crippen LogP contribution in [0.5, 0.6) is 11.5 Å². The van der Waals surface area contributed by atoms with Gasteiger partial charge in [-0.1, -0.05) is 12.1 Å². The zero-order valence-electron chi connectivity index (χ0n) is 17.5. The van der Waals surface area contributed by atoms with Crippen LogP contribution in [0, 0.1) is 6.92 Å². The summed E-state index contributed by atoms with van der Waals surface area (Å²) in [5.74, 6) is 2.15. The van der Waals surface area contributed by atoms with E-state index in [-0.39, 0.29) is 29.5 Å². The molecule has 7 nitrogen and oxygen atoms in total. The van der Waals surface area contributed by atoms with E-state index < -0.39 is 0 Å². The van der Waals surface area contributed by atoms with Crippen LogP contribution in [-0.2, 0) is 13.1 Å². The van der Waals surface area contributed by atoms with Gasteiger partial charge in [0.2, 0.25) is 0 Å². The molecule has 29 heavy (non-hydrogen) atoms. The number of aromatic nitrogens is 1. The van der Waals surface area contributed by atoms with Crippen molar-refractivity contribution in [3.05, 3.63) is 58.0 Å². The molecule has 2 aromatic rings. The van der Waals surface area contributed by atoms with Gasteiger partial charge in [-0.3, -0.25) is 9.79 Å². The van der Waals surface area contributed by atoms with E-state index in [4.69, 9.17) is 9.47 Å². The summed E-state index contributed by atoms with van der Waals surface area (Å²) < 4.78 is 12.4. The second-order valence-corrected chi connectivity index (χ2v) is 6.41. The minimum Gasteiger partial charge on any atom is -0.493 e. The van der Waals surface area contributed by atoms with E-state index >= 15 is 0 Å². The SMILES string of the molecule is CN=C(NCCCCn1c(C)cccc1=O)NCc1ccc(OC)c(OC)c1.I. The van der Waals surface area contributed by atoms with Crippen molar-refractivity contribution in [3.63, 3.8) is 0 Å². The predicted molar refractivity (Wildman–Crippen MR) is 128 cm³/mol. The summed E-state index contributed by atoms with van der Waals surface area (Å²) in [6, 6.07) is 11.2. The summed E-state index contributed by atoms with van der Waals surface area (Å²) >= 11 is 0. The Bertz CT molecular complexity index is 852. The summed E-state index contributed by atoms with van der Waals surface area (Å²) in [4.78, 5) is 16.1. The number of pyridine rings is 1. The Balaban J connectivity index is 0.00000420. The van der Waals surface area contributed by atoms with Gasteiger partial charge >= 0.3 is 0 Å². The van der Waals surface area contributed by atoms with Crippen LogP contribution in [0.15, 0.2) is 46.2 Å². The highest BCUT2D eigenvalue weighted by molar-refractivity contribution is 14.0. The molecule has 2 N–H and O–H groups in total. The quantitative estimate of drug-likeness (QED) is 0.233. The van der Waals surface area contributed by atoms with Crippen molar-refractivity contribution < 1.29 is 9.47 Å². The standard InChI is InChI=1S/C21H30N4O3.HI/c1-16-8-7-9-20(26)25(16)13-6-5-12-23-21(22-2)24-15-17-10-11-18(27-3)19(14-17)28-4;/h7-11,14H,5-6,12-13,15H2,1-4H3,(H2,22,23,24);1H. The van der Waals surface area contributed by atoms with Gasteiger partial charge in [-0.2, -0.15) is 0 Å². The fraction of sp³-hybridized carbons (Fsp3) is 0.429. The third-order valence-electron chi connectivity index (χ3n) is 4.50. The Labute approximate surface area is 189 Å². The normalized spacial score (nSPS) is 10.8. The molecule has 8 heteroatoms. The number of unbranched alkanes of at least 4 members (excludes halogenated alkanes) is 1. The number of benzene rings is 1. The molecule has 0 atom stereocenters. The van der Waals surface area contributed by atoms with Crippen molar-refractivity contribution in [1.29, 1.82) is 0 Å². The van der Waals surface area contributed by atoms with E-state index in [1.54, 1.807) is 33.4 Å². The zero-order valence-corrected chi connectivity index (χ0v) is 19.9. The smallest absolute Gasteiger partial charge is 0.250 e. The molecular weight excluding hydrogens is 483 g/mol. The van der Waals surface area contributed by atoms with Crippen LogP contribution in [0.4, 0.5) is 0 Å². The average Bonchev–Trinajstić information content (AvgIpc) is 2.71. The average molecular weight is 514 g/mol. The Kier molecular flexibility index (Phi) is 11.2. The molecule has 0 amide bonds. The molecule has 0 saturated carbocycles. The second kappa shape index (κ2) is 13.1. The van der Waals surface area contributed by atoms with E-state index in [1.165, 1.54) is 0 Å². The van der Waals surface area contributed by atoms with E-state index in [9.17, 15) is 4.79 Å². The lowest BCUT2D eigenvalue weighted by Crippen LogP contribution is -2.37. The highest BCUT2D eigenvalue weighted by Crippen LogP contribution is 2.27. The molecule has 0 aliphatic heterocycles. The molecule has 1 aromatic carbocycles. The van der Waals surface area contributed by atoms with E-state index in [1.807, 2.05) is 35.8 Å². The van der Waals surface area contributed by atoms with Crippen molar-refractivity contribution in [3.8, 4) is 11.5 Å². The number of guanidine groups is 1. The third-order valence-corrected chi connectivity index (χ3v) is 4.50. The van der Waals surface area contributed by atoms with E-state index in [0.717, 1.165) is 43.1 Å². The zero-order chi connectivity index (χ0) is 20.4. The summed E-state index contributed by atoms with van der Waals surface area (Å²) in [6.07, 6.45) is 1.86. The van der Waals surface area contributed by atoms with Gasteiger partial charge in [0.15, 0.2) is 17.5 Å². The van der Waals surface area contributed by atoms with Crippen molar-refractivity contribution >= 4 is 29.9 Å². The number of aryl methyl sites for hydroxylation is 1. The van der Waals surface area contributed by atoms with Crippen molar-refractivity contribution in [2.75, 3.05) is 27.8 Å². The predicted octanol–water partition coefficient (Wildman–Crippen LogP) is 2.94. The largest absolute Gasteiger partial charge is 0.493 e. The Morgan fingerprint density at radius 2 is 1.83 bits per heavy atom. The first-order valence-electron chi connectivity index (χ1n) is 9.41. The molecule has 0 aliphatic carbocycles. The molecule has 1 aromatic heterocycles. The molecule has 0 bridgehead atoms. The van der Waals surface area contributed by atoms with Gasteiger partial charge in [0.05, 0.1) is 14.2 Å². The van der Waals surface area contributed by atoms with Crippen LogP contribution in [-0.4, -0.2) is 38.3 Å². The van der Waals surface area contributed by atoms with Crippen LogP contribution in [0.1, 0.15) is 24.1 Å². The molecule has 0 aliphatic rings. The minimum absolute atomic E-state index is 0. The lowest BCUT2D eigenvalue weighted by atomic mass is 10.2. The Morgan fingerprint density at radius 3 is 2.48 bits per heavy atom. The minimum atomic E-state index is 0. The number of nitrogens with one attached hydrogen (secondary N) is 2. The third kappa shape index (κ3) is 7.60. The van der Waals surface area contributed by atoms with Gasteiger partial charge in [-0.25, -0.2) is 0 Å². The molecule has 0 fully saturated rings. The highest BCUT2D eigenvalue weighted by Gasteiger charge is 2.05. The Hall–Kier alpha value is -2.23. The van der Waals surface area contributed by atoms with Crippen molar-refractivity contribution in [1.82, 2.24) is 15.2 Å². The maximum atomic E-state index is 11.9. The molecule has 2 rings (SSSR count). The number of rotatable bonds is 9. The van der Waals surface area contributed by atoms with Crippen LogP contribution < -0.4 is 25.7 Å². The van der Waals surface area contributed by atoms with Crippen LogP contribution in [0.25, 0.3) is 0 Å². The topological polar surface area (TPSA) is 76.9 Å². The summed E-state index contributed by atoms with van der Waals surface area (Å²) in [5, 5.41) is 6.59. The number of aliphatic imine (C=N–C) groups is 1. The number of hydrogen-bond acceptors (Lipinski definition) is 4. The van der Waals surface area contributed by atoms with E-state index in [2.05, 4.69) is 15.6 Å². The molecule has 0 unspecified atom stereocenters. The highest BCUT2D eigenvalue weighted by atomic mass is 127. The number of ether oxygens (including phenoxy) is 2. The molecule has 0 radical (unpaired) electrons. The lowest BCUT2D eigenvalue weighted by molar-refractivity contribution is 0.354. The van der Waals surface area contributed by atoms with Gasteiger partial charge in [-0.05, 0) is 43.5 Å². The number of hydrogen-bond donors (Lipinski definition) is 2. The van der Waals surface area contributed by atoms with Crippen molar-refractivity contribution in [2.24, 2.45) is 4.99 Å². The van der Waals surface area contributed by atoms with Crippen LogP contribution in [0.3, 0.4) is 0 Å². The first kappa shape index (κ1) is 24.8. The molecule has 1 heterocycles. The number of halogens is 1. The summed E-state index contributed by atoms with van der Waals surface area (Å²) in [6.45, 7) is 4.09. The maximum absolute atomic E-state index is 11.9. The fourth-order valence-corrected chi connectivity index (χ4v) is 2.91. The maximum Gasteiger partial charge on any atom is 0.250 e. The number of methoxy groups -OCH3 is 2. The van der Waals surface area contributed by atoms with Crippen LogP contribution >= 0.6 is 24.0 Å². The number of nitrogens with zero attached hydrogens (tertiary/aromatic N) is 2. The van der Waals surface area contributed by atoms with Gasteiger partial charge in [0, 0.05) is 38.4 Å². The molecular formula is C21H31IN4O3. The van der Waals surface area contributed by atoms with Gasteiger partial charge < -0.3 is 24.7 Å². The molecule has 0 spiro atoms. The van der Waals surface area contributed by atoms with Gasteiger partial charge in [0.25, 0.3) is 5.56 Å². The van der Waals surface area contributed by atoms with Crippen molar-refractivity contribution in [2.45, 2.75) is 32.9 Å². The summed E-state index contributed by atoms with van der Waals surface area (Å²) in [7, 11) is 4.99. The second-order valence-electron chi connectivity index (χ2n) is 6.41. The monoisotopic (exact) mass is 514 g/mol. The van der Waals surface area contributed by atoms with E-state index in [0.29, 0.717) is 18.0 Å². The Morgan fingerprint density at radius 1 is 1.07 bits per heavy atom. The van der Waals surface area contributed by atoms with Crippen LogP contribution in [0.2, 0.25) is 0 Å². The fourth-order valence-electron chi connectivity index (χ4n) is 2.91. The lowest BCUT2D eigenvalue weighted by Gasteiger charge is -2.14. The van der Waals surface area contributed by atoms with Gasteiger partial charge in [-0.15, -0.1) is 24.0 Å². The summed E-state index contributed by atoms with van der Waals surface area (Å²) in [5.41, 5.74) is 2.12. The molecule has 160 valence electrons.